The summed E-state index contributed by atoms with van der Waals surface area (Å²) in [6.07, 6.45) is -0.204. The molecule has 0 atom stereocenters. The maximum Gasteiger partial charge on any atom is 0.545 e. The SMILES string of the molecule is O=C(OO)Oc1ccnc(CS(=O)(=O)O)c1. The van der Waals surface area contributed by atoms with Gasteiger partial charge in [0.25, 0.3) is 10.1 Å². The molecule has 1 aromatic rings. The highest BCUT2D eigenvalue weighted by Gasteiger charge is 2.10. The first-order valence-electron chi connectivity index (χ1n) is 3.84. The Morgan fingerprint density at radius 2 is 2.19 bits per heavy atom. The van der Waals surface area contributed by atoms with Gasteiger partial charge in [-0.1, -0.05) is 0 Å². The summed E-state index contributed by atoms with van der Waals surface area (Å²) in [6.45, 7) is 0. The third-order valence-electron chi connectivity index (χ3n) is 1.39. The Morgan fingerprint density at radius 3 is 2.75 bits per heavy atom. The Bertz CT molecular complexity index is 483. The van der Waals surface area contributed by atoms with Crippen molar-refractivity contribution in [1.29, 1.82) is 0 Å². The summed E-state index contributed by atoms with van der Waals surface area (Å²) >= 11 is 0. The van der Waals surface area contributed by atoms with E-state index in [0.29, 0.717) is 0 Å². The zero-order valence-electron chi connectivity index (χ0n) is 7.73. The minimum atomic E-state index is -4.21. The molecule has 8 nitrogen and oxygen atoms in total. The largest absolute Gasteiger partial charge is 0.545 e. The molecule has 16 heavy (non-hydrogen) atoms. The van der Waals surface area contributed by atoms with Gasteiger partial charge in [0.05, 0.1) is 5.69 Å². The average Bonchev–Trinajstić information content (AvgIpc) is 2.15. The molecule has 0 fully saturated rings. The van der Waals surface area contributed by atoms with Gasteiger partial charge in [0.15, 0.2) is 0 Å². The molecular formula is C7H7NO7S. The Labute approximate surface area is 90.1 Å². The summed E-state index contributed by atoms with van der Waals surface area (Å²) in [5.74, 6) is -0.786. The number of rotatable bonds is 3. The molecular weight excluding hydrogens is 242 g/mol. The molecule has 1 aromatic heterocycles. The highest BCUT2D eigenvalue weighted by atomic mass is 32.2. The van der Waals surface area contributed by atoms with E-state index in [1.807, 2.05) is 0 Å². The average molecular weight is 249 g/mol. The van der Waals surface area contributed by atoms with E-state index in [9.17, 15) is 13.2 Å². The molecule has 0 spiro atoms. The van der Waals surface area contributed by atoms with Crippen LogP contribution in [-0.4, -0.2) is 29.4 Å². The third kappa shape index (κ3) is 4.21. The quantitative estimate of drug-likeness (QED) is 0.342. The lowest BCUT2D eigenvalue weighted by Crippen LogP contribution is -2.09. The summed E-state index contributed by atoms with van der Waals surface area (Å²) < 4.78 is 34.0. The highest BCUT2D eigenvalue weighted by Crippen LogP contribution is 2.13. The van der Waals surface area contributed by atoms with Gasteiger partial charge in [0.2, 0.25) is 0 Å². The third-order valence-corrected chi connectivity index (χ3v) is 2.05. The number of hydrogen-bond donors (Lipinski definition) is 2. The summed E-state index contributed by atoms with van der Waals surface area (Å²) in [6, 6.07) is 2.34. The Hall–Kier alpha value is -1.71. The second-order valence-electron chi connectivity index (χ2n) is 2.65. The number of nitrogens with zero attached hydrogens (tertiary/aromatic N) is 1. The Balaban J connectivity index is 2.83. The van der Waals surface area contributed by atoms with Gasteiger partial charge >= 0.3 is 6.16 Å². The van der Waals surface area contributed by atoms with Crippen LogP contribution in [0.25, 0.3) is 0 Å². The van der Waals surface area contributed by atoms with Gasteiger partial charge in [-0.05, 0) is 6.07 Å². The fraction of sp³-hybridized carbons (Fsp3) is 0.143. The first-order valence-corrected chi connectivity index (χ1v) is 5.45. The normalized spacial score (nSPS) is 10.9. The summed E-state index contributed by atoms with van der Waals surface area (Å²) in [4.78, 5) is 17.4. The number of ether oxygens (including phenoxy) is 1. The fourth-order valence-corrected chi connectivity index (χ4v) is 1.43. The molecule has 0 bridgehead atoms. The van der Waals surface area contributed by atoms with Crippen molar-refractivity contribution in [3.05, 3.63) is 24.0 Å². The van der Waals surface area contributed by atoms with Crippen LogP contribution in [0.3, 0.4) is 0 Å². The number of hydrogen-bond acceptors (Lipinski definition) is 7. The smallest absolute Gasteiger partial charge is 0.393 e. The highest BCUT2D eigenvalue weighted by molar-refractivity contribution is 7.85. The van der Waals surface area contributed by atoms with Crippen molar-refractivity contribution in [2.45, 2.75) is 5.75 Å². The summed E-state index contributed by atoms with van der Waals surface area (Å²) in [7, 11) is -4.21. The van der Waals surface area contributed by atoms with Crippen LogP contribution < -0.4 is 4.74 Å². The van der Waals surface area contributed by atoms with Gasteiger partial charge in [-0.25, -0.2) is 4.79 Å². The molecule has 0 saturated carbocycles. The lowest BCUT2D eigenvalue weighted by molar-refractivity contribution is -0.191. The molecule has 0 unspecified atom stereocenters. The van der Waals surface area contributed by atoms with Crippen molar-refractivity contribution >= 4 is 16.3 Å². The van der Waals surface area contributed by atoms with Gasteiger partial charge in [-0.3, -0.25) is 14.4 Å². The maximum atomic E-state index is 10.5. The molecule has 0 amide bonds. The van der Waals surface area contributed by atoms with Crippen LogP contribution in [0.5, 0.6) is 5.75 Å². The van der Waals surface area contributed by atoms with E-state index in [1.54, 1.807) is 0 Å². The molecule has 2 N–H and O–H groups in total. The first kappa shape index (κ1) is 12.4. The van der Waals surface area contributed by atoms with Crippen molar-refractivity contribution < 1.29 is 32.6 Å². The molecule has 0 saturated heterocycles. The molecule has 0 radical (unpaired) electrons. The van der Waals surface area contributed by atoms with Crippen LogP contribution >= 0.6 is 0 Å². The monoisotopic (exact) mass is 249 g/mol. The lowest BCUT2D eigenvalue weighted by atomic mass is 10.3. The fourth-order valence-electron chi connectivity index (χ4n) is 0.900. The van der Waals surface area contributed by atoms with E-state index in [2.05, 4.69) is 14.6 Å². The predicted molar refractivity (Wildman–Crippen MR) is 49.2 cm³/mol. The minimum Gasteiger partial charge on any atom is -0.393 e. The van der Waals surface area contributed by atoms with E-state index < -0.39 is 22.0 Å². The van der Waals surface area contributed by atoms with Crippen LogP contribution in [-0.2, 0) is 20.8 Å². The molecule has 1 heterocycles. The second kappa shape index (κ2) is 4.88. The molecule has 0 aliphatic carbocycles. The van der Waals surface area contributed by atoms with E-state index in [4.69, 9.17) is 9.81 Å². The Kier molecular flexibility index (Phi) is 3.77. The van der Waals surface area contributed by atoms with Crippen LogP contribution in [0.15, 0.2) is 18.3 Å². The Morgan fingerprint density at radius 1 is 1.50 bits per heavy atom. The van der Waals surface area contributed by atoms with Crippen molar-refractivity contribution in [3.63, 3.8) is 0 Å². The number of carbonyl (C=O) groups excluding carboxylic acids is 1. The van der Waals surface area contributed by atoms with E-state index in [0.717, 1.165) is 6.07 Å². The summed E-state index contributed by atoms with van der Waals surface area (Å²) in [5.41, 5.74) is -0.0225. The summed E-state index contributed by atoms with van der Waals surface area (Å²) in [5, 5.41) is 7.93. The van der Waals surface area contributed by atoms with Gasteiger partial charge in [-0.2, -0.15) is 13.7 Å². The topological polar surface area (TPSA) is 123 Å². The van der Waals surface area contributed by atoms with E-state index >= 15 is 0 Å². The van der Waals surface area contributed by atoms with Crippen LogP contribution in [0.2, 0.25) is 0 Å². The van der Waals surface area contributed by atoms with Crippen LogP contribution in [0.1, 0.15) is 5.69 Å². The standard InChI is InChI=1S/C7H7NO7S/c9-7(15-10)14-6-1-2-8-5(3-6)4-16(11,12)13/h1-3,10H,4H2,(H,11,12,13). The van der Waals surface area contributed by atoms with Crippen molar-refractivity contribution in [3.8, 4) is 5.75 Å². The number of pyridine rings is 1. The number of carbonyl (C=O) groups is 1. The molecule has 1 rings (SSSR count). The van der Waals surface area contributed by atoms with Crippen molar-refractivity contribution in [1.82, 2.24) is 4.98 Å². The minimum absolute atomic E-state index is 0.0225. The number of aromatic nitrogens is 1. The van der Waals surface area contributed by atoms with Gasteiger partial charge in [-0.15, -0.1) is 0 Å². The lowest BCUT2D eigenvalue weighted by Gasteiger charge is -2.02. The van der Waals surface area contributed by atoms with Crippen LogP contribution in [0, 0.1) is 0 Å². The van der Waals surface area contributed by atoms with E-state index in [-0.39, 0.29) is 11.4 Å². The first-order chi connectivity index (χ1) is 7.40. The van der Waals surface area contributed by atoms with Crippen molar-refractivity contribution in [2.24, 2.45) is 0 Å². The second-order valence-corrected chi connectivity index (χ2v) is 4.10. The van der Waals surface area contributed by atoms with E-state index in [1.165, 1.54) is 12.3 Å². The van der Waals surface area contributed by atoms with Gasteiger partial charge in [0.1, 0.15) is 11.5 Å². The van der Waals surface area contributed by atoms with Gasteiger partial charge in [0, 0.05) is 12.3 Å². The zero-order chi connectivity index (χ0) is 12.2. The molecule has 9 heteroatoms. The molecule has 88 valence electrons. The maximum absolute atomic E-state index is 10.5. The predicted octanol–water partition coefficient (Wildman–Crippen LogP) is 0.458. The molecule has 0 aliphatic heterocycles. The zero-order valence-corrected chi connectivity index (χ0v) is 8.55. The molecule has 0 aliphatic rings. The van der Waals surface area contributed by atoms with Crippen LogP contribution in [0.4, 0.5) is 4.79 Å². The van der Waals surface area contributed by atoms with Gasteiger partial charge < -0.3 is 4.74 Å². The molecule has 0 aromatic carbocycles. The van der Waals surface area contributed by atoms with Crippen molar-refractivity contribution in [2.75, 3.05) is 0 Å².